The number of rotatable bonds is 3. The molecule has 1 rings (SSSR count). The Morgan fingerprint density at radius 2 is 2.07 bits per heavy atom. The van der Waals surface area contributed by atoms with Gasteiger partial charge < -0.3 is 10.5 Å². The second-order valence-electron chi connectivity index (χ2n) is 2.58. The topological polar surface area (TPSA) is 52.3 Å². The first-order chi connectivity index (χ1) is 6.68. The van der Waals surface area contributed by atoms with Crippen LogP contribution in [0.1, 0.15) is 5.56 Å². The van der Waals surface area contributed by atoms with Gasteiger partial charge in [-0.3, -0.25) is 0 Å². The number of hydrogen-bond acceptors (Lipinski definition) is 2. The van der Waals surface area contributed by atoms with Gasteiger partial charge in [0.25, 0.3) is 0 Å². The van der Waals surface area contributed by atoms with E-state index < -0.39 is 6.09 Å². The third-order valence-corrected chi connectivity index (χ3v) is 2.03. The summed E-state index contributed by atoms with van der Waals surface area (Å²) in [7, 11) is 0. The zero-order chi connectivity index (χ0) is 10.4. The molecule has 1 aromatic rings. The zero-order valence-corrected chi connectivity index (χ0v) is 9.03. The lowest BCUT2D eigenvalue weighted by atomic mass is 10.2. The minimum absolute atomic E-state index is 0.200. The fourth-order valence-electron chi connectivity index (χ4n) is 0.888. The monoisotopic (exact) mass is 255 g/mol. The molecule has 0 bridgehead atoms. The molecule has 2 N–H and O–H groups in total. The molecular weight excluding hydrogens is 246 g/mol. The van der Waals surface area contributed by atoms with E-state index in [2.05, 4.69) is 20.7 Å². The molecule has 0 radical (unpaired) electrons. The highest BCUT2D eigenvalue weighted by Crippen LogP contribution is 2.11. The molecule has 0 heterocycles. The molecule has 1 aromatic carbocycles. The smallest absolute Gasteiger partial charge is 0.404 e. The predicted octanol–water partition coefficient (Wildman–Crippen LogP) is 2.56. The Morgan fingerprint density at radius 3 is 2.64 bits per heavy atom. The molecule has 3 nitrogen and oxygen atoms in total. The minimum Gasteiger partial charge on any atom is -0.445 e. The maximum atomic E-state index is 10.2. The summed E-state index contributed by atoms with van der Waals surface area (Å²) in [6.07, 6.45) is 2.83. The van der Waals surface area contributed by atoms with Crippen molar-refractivity contribution in [3.63, 3.8) is 0 Å². The molecule has 4 heteroatoms. The van der Waals surface area contributed by atoms with E-state index >= 15 is 0 Å². The number of carbonyl (C=O) groups excluding carboxylic acids is 1. The van der Waals surface area contributed by atoms with Crippen LogP contribution in [0.2, 0.25) is 0 Å². The highest BCUT2D eigenvalue weighted by Gasteiger charge is 1.89. The summed E-state index contributed by atoms with van der Waals surface area (Å²) in [6, 6.07) is 7.78. The van der Waals surface area contributed by atoms with E-state index in [4.69, 9.17) is 5.73 Å². The molecule has 0 unspecified atom stereocenters. The second kappa shape index (κ2) is 5.44. The molecule has 0 saturated carbocycles. The van der Waals surface area contributed by atoms with Crippen molar-refractivity contribution < 1.29 is 9.53 Å². The van der Waals surface area contributed by atoms with Crippen LogP contribution in [0.3, 0.4) is 0 Å². The first-order valence-corrected chi connectivity index (χ1v) is 4.82. The highest BCUT2D eigenvalue weighted by atomic mass is 79.9. The number of amides is 1. The van der Waals surface area contributed by atoms with E-state index in [1.807, 2.05) is 30.3 Å². The summed E-state index contributed by atoms with van der Waals surface area (Å²) in [5, 5.41) is 0. The van der Waals surface area contributed by atoms with E-state index in [9.17, 15) is 4.79 Å². The Morgan fingerprint density at radius 1 is 1.43 bits per heavy atom. The van der Waals surface area contributed by atoms with Gasteiger partial charge in [-0.2, -0.15) is 0 Å². The van der Waals surface area contributed by atoms with Crippen molar-refractivity contribution in [1.82, 2.24) is 0 Å². The van der Waals surface area contributed by atoms with E-state index in [0.717, 1.165) is 10.0 Å². The maximum Gasteiger partial charge on any atom is 0.404 e. The SMILES string of the molecule is NC(=O)OC/C=C/c1ccc(Br)cc1. The quantitative estimate of drug-likeness (QED) is 0.903. The molecule has 0 aliphatic rings. The lowest BCUT2D eigenvalue weighted by molar-refractivity contribution is 0.169. The van der Waals surface area contributed by atoms with Crippen LogP contribution in [-0.4, -0.2) is 12.7 Å². The third-order valence-electron chi connectivity index (χ3n) is 1.50. The lowest BCUT2D eigenvalue weighted by Crippen LogP contribution is -2.12. The van der Waals surface area contributed by atoms with Gasteiger partial charge in [-0.15, -0.1) is 0 Å². The zero-order valence-electron chi connectivity index (χ0n) is 7.44. The largest absolute Gasteiger partial charge is 0.445 e. The second-order valence-corrected chi connectivity index (χ2v) is 3.50. The van der Waals surface area contributed by atoms with Crippen LogP contribution < -0.4 is 5.73 Å². The Kier molecular flexibility index (Phi) is 4.19. The van der Waals surface area contributed by atoms with Gasteiger partial charge >= 0.3 is 6.09 Å². The molecule has 0 aromatic heterocycles. The van der Waals surface area contributed by atoms with E-state index in [-0.39, 0.29) is 6.61 Å². The van der Waals surface area contributed by atoms with Gasteiger partial charge in [0.05, 0.1) is 0 Å². The van der Waals surface area contributed by atoms with Crippen molar-refractivity contribution in [1.29, 1.82) is 0 Å². The molecule has 0 fully saturated rings. The maximum absolute atomic E-state index is 10.2. The van der Waals surface area contributed by atoms with E-state index in [1.165, 1.54) is 0 Å². The lowest BCUT2D eigenvalue weighted by Gasteiger charge is -1.95. The number of primary amides is 1. The Balaban J connectivity index is 2.44. The van der Waals surface area contributed by atoms with Crippen LogP contribution in [-0.2, 0) is 4.74 Å². The van der Waals surface area contributed by atoms with Crippen molar-refractivity contribution in [3.8, 4) is 0 Å². The molecule has 1 amide bonds. The van der Waals surface area contributed by atoms with Crippen molar-refractivity contribution in [2.75, 3.05) is 6.61 Å². The first-order valence-electron chi connectivity index (χ1n) is 4.03. The molecule has 74 valence electrons. The minimum atomic E-state index is -0.759. The molecule has 0 saturated heterocycles. The summed E-state index contributed by atoms with van der Waals surface area (Å²) in [5.74, 6) is 0. The van der Waals surface area contributed by atoms with Crippen LogP contribution in [0.15, 0.2) is 34.8 Å². The first kappa shape index (κ1) is 10.8. The summed E-state index contributed by atoms with van der Waals surface area (Å²) < 4.78 is 5.56. The molecule has 0 aliphatic heterocycles. The highest BCUT2D eigenvalue weighted by molar-refractivity contribution is 9.10. The number of benzene rings is 1. The Bertz CT molecular complexity index is 332. The van der Waals surface area contributed by atoms with Gasteiger partial charge in [-0.25, -0.2) is 4.79 Å². The van der Waals surface area contributed by atoms with Crippen molar-refractivity contribution in [2.24, 2.45) is 5.73 Å². The van der Waals surface area contributed by atoms with E-state index in [0.29, 0.717) is 0 Å². The van der Waals surface area contributed by atoms with Gasteiger partial charge in [0, 0.05) is 4.47 Å². The predicted molar refractivity (Wildman–Crippen MR) is 58.7 cm³/mol. The van der Waals surface area contributed by atoms with E-state index in [1.54, 1.807) is 6.08 Å². The van der Waals surface area contributed by atoms with Crippen LogP contribution >= 0.6 is 15.9 Å². The number of carbonyl (C=O) groups is 1. The number of halogens is 1. The summed E-state index contributed by atoms with van der Waals surface area (Å²) in [5.41, 5.74) is 5.83. The van der Waals surface area contributed by atoms with Gasteiger partial charge in [0.1, 0.15) is 6.61 Å². The van der Waals surface area contributed by atoms with Crippen LogP contribution in [0.25, 0.3) is 6.08 Å². The summed E-state index contributed by atoms with van der Waals surface area (Å²) >= 11 is 3.34. The van der Waals surface area contributed by atoms with Crippen molar-refractivity contribution in [2.45, 2.75) is 0 Å². The fraction of sp³-hybridized carbons (Fsp3) is 0.100. The molecule has 0 spiro atoms. The van der Waals surface area contributed by atoms with Crippen molar-refractivity contribution in [3.05, 3.63) is 40.4 Å². The van der Waals surface area contributed by atoms with Gasteiger partial charge in [0.2, 0.25) is 0 Å². The standard InChI is InChI=1S/C10H10BrNO2/c11-9-5-3-8(4-6-9)2-1-7-14-10(12)13/h1-6H,7H2,(H2,12,13)/b2-1+. The number of ether oxygens (including phenoxy) is 1. The molecule has 0 atom stereocenters. The fourth-order valence-corrected chi connectivity index (χ4v) is 1.15. The van der Waals surface area contributed by atoms with Gasteiger partial charge in [-0.1, -0.05) is 34.1 Å². The van der Waals surface area contributed by atoms with Gasteiger partial charge in [-0.05, 0) is 23.8 Å². The molecule has 14 heavy (non-hydrogen) atoms. The Labute approximate surface area is 90.7 Å². The van der Waals surface area contributed by atoms with Crippen LogP contribution in [0, 0.1) is 0 Å². The average molecular weight is 256 g/mol. The van der Waals surface area contributed by atoms with Crippen LogP contribution in [0.4, 0.5) is 4.79 Å². The molecule has 0 aliphatic carbocycles. The Hall–Kier alpha value is -1.29. The third kappa shape index (κ3) is 4.09. The number of nitrogens with two attached hydrogens (primary N) is 1. The van der Waals surface area contributed by atoms with Crippen LogP contribution in [0.5, 0.6) is 0 Å². The molecular formula is C10H10BrNO2. The van der Waals surface area contributed by atoms with Crippen molar-refractivity contribution >= 4 is 28.1 Å². The number of hydrogen-bond donors (Lipinski definition) is 1. The normalized spacial score (nSPS) is 10.4. The summed E-state index contributed by atoms with van der Waals surface area (Å²) in [4.78, 5) is 10.2. The van der Waals surface area contributed by atoms with Gasteiger partial charge in [0.15, 0.2) is 0 Å². The average Bonchev–Trinajstić information content (AvgIpc) is 2.15. The summed E-state index contributed by atoms with van der Waals surface area (Å²) in [6.45, 7) is 0.200.